The molecule has 18 heavy (non-hydrogen) atoms. The Balaban J connectivity index is 2.34. The summed E-state index contributed by atoms with van der Waals surface area (Å²) in [6, 6.07) is 0. The van der Waals surface area contributed by atoms with Crippen molar-refractivity contribution in [2.24, 2.45) is 5.92 Å². The summed E-state index contributed by atoms with van der Waals surface area (Å²) in [5.74, 6) is 0.522. The number of nitrogens with zero attached hydrogens (tertiary/aromatic N) is 2. The van der Waals surface area contributed by atoms with Crippen molar-refractivity contribution in [1.29, 1.82) is 0 Å². The van der Waals surface area contributed by atoms with Gasteiger partial charge < -0.3 is 20.0 Å². The first-order valence-corrected chi connectivity index (χ1v) is 6.93. The van der Waals surface area contributed by atoms with Gasteiger partial charge in [0.1, 0.15) is 0 Å². The minimum absolute atomic E-state index is 0.0416. The molecule has 1 aliphatic heterocycles. The summed E-state index contributed by atoms with van der Waals surface area (Å²) in [6.07, 6.45) is 2.70. The largest absolute Gasteiger partial charge is 0.395 e. The van der Waals surface area contributed by atoms with E-state index in [1.807, 2.05) is 0 Å². The quantitative estimate of drug-likeness (QED) is 0.670. The standard InChI is InChI=1S/C13H26N2O3/c1-2-14-5-3-12(4-6-14)11-13(18)15(7-9-16)8-10-17/h12,16-17H,2-11H2,1H3. The van der Waals surface area contributed by atoms with E-state index < -0.39 is 0 Å². The average molecular weight is 258 g/mol. The molecule has 1 amide bonds. The minimum Gasteiger partial charge on any atom is -0.395 e. The van der Waals surface area contributed by atoms with E-state index in [-0.39, 0.29) is 19.1 Å². The van der Waals surface area contributed by atoms with Gasteiger partial charge in [0.05, 0.1) is 13.2 Å². The van der Waals surface area contributed by atoms with Gasteiger partial charge in [0.15, 0.2) is 0 Å². The van der Waals surface area contributed by atoms with Crippen LogP contribution in [-0.2, 0) is 4.79 Å². The van der Waals surface area contributed by atoms with Crippen LogP contribution in [0.15, 0.2) is 0 Å². The van der Waals surface area contributed by atoms with Crippen LogP contribution in [0.3, 0.4) is 0 Å². The van der Waals surface area contributed by atoms with Gasteiger partial charge in [0.25, 0.3) is 0 Å². The Morgan fingerprint density at radius 1 is 1.22 bits per heavy atom. The third kappa shape index (κ3) is 4.92. The van der Waals surface area contributed by atoms with E-state index in [2.05, 4.69) is 11.8 Å². The highest BCUT2D eigenvalue weighted by Crippen LogP contribution is 2.21. The van der Waals surface area contributed by atoms with Crippen molar-refractivity contribution >= 4 is 5.91 Å². The molecule has 106 valence electrons. The molecule has 1 fully saturated rings. The van der Waals surface area contributed by atoms with E-state index in [0.717, 1.165) is 32.5 Å². The molecule has 2 N–H and O–H groups in total. The van der Waals surface area contributed by atoms with Gasteiger partial charge in [0, 0.05) is 19.5 Å². The Morgan fingerprint density at radius 2 is 1.78 bits per heavy atom. The molecule has 0 bridgehead atoms. The Labute approximate surface area is 109 Å². The van der Waals surface area contributed by atoms with Crippen LogP contribution in [-0.4, -0.2) is 71.9 Å². The van der Waals surface area contributed by atoms with Crippen LogP contribution in [0.1, 0.15) is 26.2 Å². The molecule has 1 saturated heterocycles. The molecule has 1 rings (SSSR count). The second kappa shape index (κ2) is 8.45. The van der Waals surface area contributed by atoms with Crippen molar-refractivity contribution in [3.63, 3.8) is 0 Å². The topological polar surface area (TPSA) is 64.0 Å². The number of aliphatic hydroxyl groups is 2. The van der Waals surface area contributed by atoms with Crippen LogP contribution < -0.4 is 0 Å². The van der Waals surface area contributed by atoms with Gasteiger partial charge in [-0.05, 0) is 38.4 Å². The second-order valence-corrected chi connectivity index (χ2v) is 4.91. The maximum absolute atomic E-state index is 12.0. The predicted molar refractivity (Wildman–Crippen MR) is 70.2 cm³/mol. The minimum atomic E-state index is -0.0416. The molecule has 0 spiro atoms. The predicted octanol–water partition coefficient (Wildman–Crippen LogP) is -0.0784. The molecular formula is C13H26N2O3. The molecule has 0 aromatic carbocycles. The highest BCUT2D eigenvalue weighted by molar-refractivity contribution is 5.76. The summed E-state index contributed by atoms with van der Waals surface area (Å²) < 4.78 is 0. The molecular weight excluding hydrogens is 232 g/mol. The summed E-state index contributed by atoms with van der Waals surface area (Å²) >= 11 is 0. The molecule has 0 aliphatic carbocycles. The van der Waals surface area contributed by atoms with Gasteiger partial charge >= 0.3 is 0 Å². The summed E-state index contributed by atoms with van der Waals surface area (Å²) in [4.78, 5) is 16.0. The Bertz CT molecular complexity index is 234. The first-order valence-electron chi connectivity index (χ1n) is 6.93. The van der Waals surface area contributed by atoms with Crippen LogP contribution in [0.2, 0.25) is 0 Å². The highest BCUT2D eigenvalue weighted by atomic mass is 16.3. The van der Waals surface area contributed by atoms with E-state index in [9.17, 15) is 4.79 Å². The lowest BCUT2D eigenvalue weighted by Gasteiger charge is -2.32. The normalized spacial score (nSPS) is 17.9. The number of aliphatic hydroxyl groups excluding tert-OH is 2. The van der Waals surface area contributed by atoms with E-state index in [0.29, 0.717) is 25.4 Å². The number of rotatable bonds is 7. The first-order chi connectivity index (χ1) is 8.71. The van der Waals surface area contributed by atoms with Crippen LogP contribution in [0, 0.1) is 5.92 Å². The molecule has 0 atom stereocenters. The number of carbonyl (C=O) groups is 1. The first kappa shape index (κ1) is 15.4. The lowest BCUT2D eigenvalue weighted by atomic mass is 9.93. The van der Waals surface area contributed by atoms with Crippen molar-refractivity contribution in [3.05, 3.63) is 0 Å². The number of hydrogen-bond donors (Lipinski definition) is 2. The fraction of sp³-hybridized carbons (Fsp3) is 0.923. The monoisotopic (exact) mass is 258 g/mol. The molecule has 5 heteroatoms. The SMILES string of the molecule is CCN1CCC(CC(=O)N(CCO)CCO)CC1. The fourth-order valence-corrected chi connectivity index (χ4v) is 2.49. The fourth-order valence-electron chi connectivity index (χ4n) is 2.49. The maximum Gasteiger partial charge on any atom is 0.223 e. The van der Waals surface area contributed by atoms with Gasteiger partial charge in [0.2, 0.25) is 5.91 Å². The molecule has 0 aromatic rings. The number of likely N-dealkylation sites (tertiary alicyclic amines) is 1. The third-order valence-corrected chi connectivity index (χ3v) is 3.71. The number of piperidine rings is 1. The average Bonchev–Trinajstić information content (AvgIpc) is 2.39. The third-order valence-electron chi connectivity index (χ3n) is 3.71. The molecule has 5 nitrogen and oxygen atoms in total. The zero-order valence-electron chi connectivity index (χ0n) is 11.3. The second-order valence-electron chi connectivity index (χ2n) is 4.91. The Hall–Kier alpha value is -0.650. The summed E-state index contributed by atoms with van der Waals surface area (Å²) in [7, 11) is 0. The molecule has 1 heterocycles. The molecule has 0 aromatic heterocycles. The number of carbonyl (C=O) groups excluding carboxylic acids is 1. The van der Waals surface area contributed by atoms with Crippen LogP contribution in [0.4, 0.5) is 0 Å². The molecule has 1 aliphatic rings. The van der Waals surface area contributed by atoms with Crippen LogP contribution >= 0.6 is 0 Å². The smallest absolute Gasteiger partial charge is 0.223 e. The van der Waals surface area contributed by atoms with Crippen LogP contribution in [0.5, 0.6) is 0 Å². The van der Waals surface area contributed by atoms with Crippen molar-refractivity contribution in [2.45, 2.75) is 26.2 Å². The zero-order valence-corrected chi connectivity index (χ0v) is 11.3. The zero-order chi connectivity index (χ0) is 13.4. The highest BCUT2D eigenvalue weighted by Gasteiger charge is 2.22. The summed E-state index contributed by atoms with van der Waals surface area (Å²) in [5, 5.41) is 17.8. The van der Waals surface area contributed by atoms with Crippen LogP contribution in [0.25, 0.3) is 0 Å². The molecule has 0 saturated carbocycles. The van der Waals surface area contributed by atoms with Crippen molar-refractivity contribution < 1.29 is 15.0 Å². The van der Waals surface area contributed by atoms with Gasteiger partial charge in [-0.15, -0.1) is 0 Å². The lowest BCUT2D eigenvalue weighted by Crippen LogP contribution is -2.39. The van der Waals surface area contributed by atoms with Gasteiger partial charge in [-0.3, -0.25) is 4.79 Å². The van der Waals surface area contributed by atoms with E-state index in [1.54, 1.807) is 4.90 Å². The summed E-state index contributed by atoms with van der Waals surface area (Å²) in [5.41, 5.74) is 0. The van der Waals surface area contributed by atoms with Gasteiger partial charge in [-0.25, -0.2) is 0 Å². The van der Waals surface area contributed by atoms with Crippen molar-refractivity contribution in [1.82, 2.24) is 9.80 Å². The Morgan fingerprint density at radius 3 is 2.22 bits per heavy atom. The molecule has 0 unspecified atom stereocenters. The van der Waals surface area contributed by atoms with Gasteiger partial charge in [-0.2, -0.15) is 0 Å². The Kier molecular flexibility index (Phi) is 7.23. The molecule has 0 radical (unpaired) electrons. The van der Waals surface area contributed by atoms with Crippen molar-refractivity contribution in [3.8, 4) is 0 Å². The van der Waals surface area contributed by atoms with E-state index >= 15 is 0 Å². The van der Waals surface area contributed by atoms with E-state index in [4.69, 9.17) is 10.2 Å². The van der Waals surface area contributed by atoms with Crippen molar-refractivity contribution in [2.75, 3.05) is 45.9 Å². The van der Waals surface area contributed by atoms with E-state index in [1.165, 1.54) is 0 Å². The van der Waals surface area contributed by atoms with Gasteiger partial charge in [-0.1, -0.05) is 6.92 Å². The lowest BCUT2D eigenvalue weighted by molar-refractivity contribution is -0.133. The number of hydrogen-bond acceptors (Lipinski definition) is 4. The summed E-state index contributed by atoms with van der Waals surface area (Å²) in [6.45, 7) is 5.97. The maximum atomic E-state index is 12.0. The number of amides is 1.